The van der Waals surface area contributed by atoms with Crippen molar-refractivity contribution in [3.63, 3.8) is 0 Å². The number of hydrogen-bond donors (Lipinski definition) is 0. The third kappa shape index (κ3) is 5.79. The molecule has 2 heterocycles. The van der Waals surface area contributed by atoms with Gasteiger partial charge in [0.05, 0.1) is 36.6 Å². The Morgan fingerprint density at radius 3 is 2.48 bits per heavy atom. The topological polar surface area (TPSA) is 88.4 Å². The number of benzene rings is 4. The highest BCUT2D eigenvalue weighted by atomic mass is 35.5. The van der Waals surface area contributed by atoms with Crippen molar-refractivity contribution in [2.24, 2.45) is 4.99 Å². The molecule has 0 bridgehead atoms. The summed E-state index contributed by atoms with van der Waals surface area (Å²) >= 11 is 7.54. The van der Waals surface area contributed by atoms with Gasteiger partial charge in [-0.1, -0.05) is 77.5 Å². The molecule has 6 rings (SSSR count). The first-order valence-electron chi connectivity index (χ1n) is 14.6. The molecule has 0 amide bonds. The van der Waals surface area contributed by atoms with Crippen LogP contribution in [0.25, 0.3) is 16.8 Å². The second-order valence-electron chi connectivity index (χ2n) is 10.5. The summed E-state index contributed by atoms with van der Waals surface area (Å²) in [5, 5.41) is 2.42. The molecule has 0 fully saturated rings. The van der Waals surface area contributed by atoms with Crippen molar-refractivity contribution in [1.29, 1.82) is 0 Å². The average molecular weight is 655 g/mol. The second kappa shape index (κ2) is 13.2. The molecule has 1 aliphatic rings. The van der Waals surface area contributed by atoms with E-state index in [9.17, 15) is 9.59 Å². The number of ether oxygens (including phenoxy) is 4. The molecule has 234 valence electrons. The number of carbonyl (C=O) groups is 1. The van der Waals surface area contributed by atoms with Crippen LogP contribution < -0.4 is 29.1 Å². The number of aromatic nitrogens is 1. The van der Waals surface area contributed by atoms with Crippen molar-refractivity contribution in [3.05, 3.63) is 132 Å². The van der Waals surface area contributed by atoms with Crippen molar-refractivity contribution in [2.45, 2.75) is 26.5 Å². The maximum Gasteiger partial charge on any atom is 0.338 e. The minimum atomic E-state index is -0.825. The lowest BCUT2D eigenvalue weighted by Gasteiger charge is -2.27. The minimum Gasteiger partial charge on any atom is -0.496 e. The molecule has 1 aliphatic heterocycles. The van der Waals surface area contributed by atoms with Gasteiger partial charge in [-0.3, -0.25) is 9.36 Å². The van der Waals surface area contributed by atoms with Crippen LogP contribution in [0.1, 0.15) is 36.6 Å². The van der Waals surface area contributed by atoms with E-state index in [0.717, 1.165) is 21.9 Å². The maximum absolute atomic E-state index is 14.3. The van der Waals surface area contributed by atoms with Crippen molar-refractivity contribution in [2.75, 3.05) is 20.8 Å². The maximum atomic E-state index is 14.3. The lowest BCUT2D eigenvalue weighted by atomic mass is 9.90. The van der Waals surface area contributed by atoms with E-state index in [2.05, 4.69) is 0 Å². The van der Waals surface area contributed by atoms with Crippen molar-refractivity contribution < 1.29 is 23.7 Å². The largest absolute Gasteiger partial charge is 0.496 e. The third-order valence-electron chi connectivity index (χ3n) is 7.77. The zero-order valence-electron chi connectivity index (χ0n) is 25.7. The molecule has 8 nitrogen and oxygen atoms in total. The number of esters is 1. The van der Waals surface area contributed by atoms with E-state index in [1.54, 1.807) is 50.8 Å². The number of carbonyl (C=O) groups excluding carboxylic acids is 1. The second-order valence-corrected chi connectivity index (χ2v) is 11.9. The number of nitrogens with zero attached hydrogens (tertiary/aromatic N) is 2. The van der Waals surface area contributed by atoms with Gasteiger partial charge in [0.1, 0.15) is 18.4 Å². The van der Waals surface area contributed by atoms with Crippen molar-refractivity contribution in [1.82, 2.24) is 4.57 Å². The first-order chi connectivity index (χ1) is 22.3. The smallest absolute Gasteiger partial charge is 0.338 e. The lowest BCUT2D eigenvalue weighted by molar-refractivity contribution is -0.139. The molecular formula is C36H31ClN2O6S. The van der Waals surface area contributed by atoms with Crippen molar-refractivity contribution in [3.8, 4) is 17.2 Å². The van der Waals surface area contributed by atoms with E-state index >= 15 is 0 Å². The van der Waals surface area contributed by atoms with E-state index in [0.29, 0.717) is 42.9 Å². The van der Waals surface area contributed by atoms with Gasteiger partial charge in [-0.15, -0.1) is 0 Å². The van der Waals surface area contributed by atoms with Gasteiger partial charge >= 0.3 is 5.97 Å². The van der Waals surface area contributed by atoms with Crippen LogP contribution >= 0.6 is 22.9 Å². The Morgan fingerprint density at radius 2 is 1.72 bits per heavy atom. The van der Waals surface area contributed by atoms with Gasteiger partial charge in [-0.25, -0.2) is 9.79 Å². The summed E-state index contributed by atoms with van der Waals surface area (Å²) in [4.78, 5) is 32.9. The number of methoxy groups -OCH3 is 2. The molecule has 10 heteroatoms. The Bertz CT molecular complexity index is 2190. The normalized spacial score (nSPS) is 14.5. The fourth-order valence-corrected chi connectivity index (χ4v) is 6.85. The molecule has 5 aromatic rings. The quantitative estimate of drug-likeness (QED) is 0.176. The first kappa shape index (κ1) is 31.1. The highest BCUT2D eigenvalue weighted by Gasteiger charge is 2.36. The SMILES string of the molecule is CCOC(=O)C1=C(C)N=c2s/c(=C/c3ccc(OCc4ccccc4Cl)c(OC)c3)c(=O)n2[C@@H]1c1c(OC)ccc2ccccc12. The van der Waals surface area contributed by atoms with Gasteiger partial charge in [0.15, 0.2) is 16.3 Å². The van der Waals surface area contributed by atoms with Crippen LogP contribution in [0.3, 0.4) is 0 Å². The van der Waals surface area contributed by atoms with Gasteiger partial charge in [-0.2, -0.15) is 0 Å². The standard InChI is InChI=1S/C36H31ClN2O6S/c1-5-44-35(41)31-21(2)38-36-39(33(31)32-25-12-8-6-10-23(25)15-17-28(32)42-3)34(40)30(46-36)19-22-14-16-27(29(18-22)43-4)45-20-24-11-7-9-13-26(24)37/h6-19,33H,5,20H2,1-4H3/b30-19+/t33-/m0/s1. The van der Waals surface area contributed by atoms with E-state index in [4.69, 9.17) is 35.5 Å². The van der Waals surface area contributed by atoms with Crippen LogP contribution in [-0.2, 0) is 16.1 Å². The number of halogens is 1. The molecule has 1 atom stereocenters. The molecule has 0 radical (unpaired) electrons. The van der Waals surface area contributed by atoms with E-state index in [-0.39, 0.29) is 24.3 Å². The van der Waals surface area contributed by atoms with E-state index < -0.39 is 12.0 Å². The van der Waals surface area contributed by atoms with Gasteiger partial charge in [0, 0.05) is 16.1 Å². The Labute approximate surface area is 274 Å². The van der Waals surface area contributed by atoms with Crippen LogP contribution in [0.2, 0.25) is 5.02 Å². The van der Waals surface area contributed by atoms with Crippen LogP contribution in [0, 0.1) is 0 Å². The van der Waals surface area contributed by atoms with Crippen molar-refractivity contribution >= 4 is 45.8 Å². The zero-order chi connectivity index (χ0) is 32.4. The highest BCUT2D eigenvalue weighted by molar-refractivity contribution is 7.07. The summed E-state index contributed by atoms with van der Waals surface area (Å²) < 4.78 is 25.0. The summed E-state index contributed by atoms with van der Waals surface area (Å²) in [5.41, 5.74) is 2.74. The van der Waals surface area contributed by atoms with Crippen LogP contribution in [-0.4, -0.2) is 31.4 Å². The number of thiazole rings is 1. The van der Waals surface area contributed by atoms with E-state index in [1.165, 1.54) is 11.3 Å². The zero-order valence-corrected chi connectivity index (χ0v) is 27.3. The summed E-state index contributed by atoms with van der Waals surface area (Å²) in [7, 11) is 3.14. The number of allylic oxidation sites excluding steroid dienone is 1. The Balaban J connectivity index is 1.48. The van der Waals surface area contributed by atoms with Crippen LogP contribution in [0.4, 0.5) is 0 Å². The molecule has 0 N–H and O–H groups in total. The molecule has 0 unspecified atom stereocenters. The fraction of sp³-hybridized carbons (Fsp3) is 0.194. The monoisotopic (exact) mass is 654 g/mol. The van der Waals surface area contributed by atoms with Gasteiger partial charge in [0.2, 0.25) is 0 Å². The molecule has 4 aromatic carbocycles. The Kier molecular flexibility index (Phi) is 8.96. The summed E-state index contributed by atoms with van der Waals surface area (Å²) in [6.07, 6.45) is 1.78. The Morgan fingerprint density at radius 1 is 0.978 bits per heavy atom. The molecular weight excluding hydrogens is 624 g/mol. The predicted octanol–water partition coefficient (Wildman–Crippen LogP) is 6.20. The predicted molar refractivity (Wildman–Crippen MR) is 180 cm³/mol. The molecule has 1 aromatic heterocycles. The van der Waals surface area contributed by atoms with Crippen LogP contribution in [0.15, 0.2) is 99.9 Å². The Hall–Kier alpha value is -4.86. The minimum absolute atomic E-state index is 0.180. The first-order valence-corrected chi connectivity index (χ1v) is 15.8. The number of hydrogen-bond acceptors (Lipinski definition) is 8. The van der Waals surface area contributed by atoms with Gasteiger partial charge in [-0.05, 0) is 60.5 Å². The average Bonchev–Trinajstić information content (AvgIpc) is 3.37. The lowest BCUT2D eigenvalue weighted by Crippen LogP contribution is -2.40. The molecule has 0 spiro atoms. The number of rotatable bonds is 9. The van der Waals surface area contributed by atoms with Gasteiger partial charge in [0.25, 0.3) is 5.56 Å². The third-order valence-corrected chi connectivity index (χ3v) is 9.12. The summed E-state index contributed by atoms with van der Waals surface area (Å²) in [5.74, 6) is 1.06. The fourth-order valence-electron chi connectivity index (χ4n) is 5.62. The van der Waals surface area contributed by atoms with Gasteiger partial charge < -0.3 is 18.9 Å². The molecule has 46 heavy (non-hydrogen) atoms. The number of fused-ring (bicyclic) bond motifs is 2. The molecule has 0 aliphatic carbocycles. The molecule has 0 saturated heterocycles. The van der Waals surface area contributed by atoms with E-state index in [1.807, 2.05) is 66.7 Å². The molecule has 0 saturated carbocycles. The highest BCUT2D eigenvalue weighted by Crippen LogP contribution is 2.40. The summed E-state index contributed by atoms with van der Waals surface area (Å²) in [6, 6.07) is 23.7. The van der Waals surface area contributed by atoms with Crippen LogP contribution in [0.5, 0.6) is 17.2 Å². The summed E-state index contributed by atoms with van der Waals surface area (Å²) in [6.45, 7) is 3.96.